The normalized spacial score (nSPS) is 20.7. The fourth-order valence-electron chi connectivity index (χ4n) is 2.79. The molecular weight excluding hydrogens is 275 g/mol. The van der Waals surface area contributed by atoms with Crippen LogP contribution < -0.4 is 5.32 Å². The Balaban J connectivity index is 1.50. The lowest BCUT2D eigenvalue weighted by molar-refractivity contribution is -0.0950. The molecule has 5 nitrogen and oxygen atoms in total. The van der Waals surface area contributed by atoms with Crippen molar-refractivity contribution in [3.8, 4) is 0 Å². The van der Waals surface area contributed by atoms with Crippen LogP contribution in [0.4, 0.5) is 14.9 Å². The summed E-state index contributed by atoms with van der Waals surface area (Å²) in [5.41, 5.74) is 0.476. The summed E-state index contributed by atoms with van der Waals surface area (Å²) in [5.74, 6) is -0.00670. The van der Waals surface area contributed by atoms with Crippen molar-refractivity contribution in [2.45, 2.75) is 19.1 Å². The molecule has 0 saturated carbocycles. The number of benzene rings is 1. The Morgan fingerprint density at radius 1 is 1.24 bits per heavy atom. The highest BCUT2D eigenvalue weighted by molar-refractivity contribution is 5.89. The lowest BCUT2D eigenvalue weighted by atomic mass is 9.96. The fraction of sp³-hybridized carbons (Fsp3) is 0.533. The molecule has 2 saturated heterocycles. The molecule has 114 valence electrons. The Labute approximate surface area is 123 Å². The monoisotopic (exact) mass is 294 g/mol. The molecule has 2 aliphatic rings. The van der Waals surface area contributed by atoms with Crippen LogP contribution in [0.1, 0.15) is 12.8 Å². The van der Waals surface area contributed by atoms with Crippen molar-refractivity contribution in [3.05, 3.63) is 30.1 Å². The summed E-state index contributed by atoms with van der Waals surface area (Å²) in [6.45, 7) is 2.64. The van der Waals surface area contributed by atoms with Crippen LogP contribution >= 0.6 is 0 Å². The second kappa shape index (κ2) is 6.41. The Hall–Kier alpha value is -1.66. The van der Waals surface area contributed by atoms with E-state index in [9.17, 15) is 9.18 Å². The van der Waals surface area contributed by atoms with Crippen LogP contribution in [-0.2, 0) is 9.47 Å². The van der Waals surface area contributed by atoms with Gasteiger partial charge in [-0.25, -0.2) is 9.18 Å². The van der Waals surface area contributed by atoms with Gasteiger partial charge in [0.1, 0.15) is 5.82 Å². The van der Waals surface area contributed by atoms with Crippen molar-refractivity contribution in [1.82, 2.24) is 4.90 Å². The Morgan fingerprint density at radius 2 is 1.95 bits per heavy atom. The average molecular weight is 294 g/mol. The van der Waals surface area contributed by atoms with E-state index in [0.717, 1.165) is 12.8 Å². The van der Waals surface area contributed by atoms with E-state index in [4.69, 9.17) is 9.47 Å². The standard InChI is InChI=1S/C15H19FN2O3/c16-12-2-1-3-13(10-12)17-15(19)18-6-4-11(5-7-18)14-20-8-9-21-14/h1-3,10-11,14H,4-9H2,(H,17,19). The van der Waals surface area contributed by atoms with Crippen LogP contribution in [-0.4, -0.2) is 43.5 Å². The lowest BCUT2D eigenvalue weighted by Gasteiger charge is -2.33. The summed E-state index contributed by atoms with van der Waals surface area (Å²) in [6, 6.07) is 5.72. The second-order valence-corrected chi connectivity index (χ2v) is 5.37. The molecule has 21 heavy (non-hydrogen) atoms. The average Bonchev–Trinajstić information content (AvgIpc) is 3.01. The van der Waals surface area contributed by atoms with Gasteiger partial charge in [0.25, 0.3) is 0 Å². The van der Waals surface area contributed by atoms with Gasteiger partial charge in [-0.1, -0.05) is 6.07 Å². The number of hydrogen-bond acceptors (Lipinski definition) is 3. The number of likely N-dealkylation sites (tertiary alicyclic amines) is 1. The molecule has 1 aromatic rings. The fourth-order valence-corrected chi connectivity index (χ4v) is 2.79. The Morgan fingerprint density at radius 3 is 2.62 bits per heavy atom. The molecule has 6 heteroatoms. The van der Waals surface area contributed by atoms with Gasteiger partial charge >= 0.3 is 6.03 Å². The molecule has 0 atom stereocenters. The minimum absolute atomic E-state index is 0.113. The van der Waals surface area contributed by atoms with Crippen molar-refractivity contribution >= 4 is 11.7 Å². The zero-order valence-electron chi connectivity index (χ0n) is 11.8. The molecule has 3 rings (SSSR count). The number of carbonyl (C=O) groups is 1. The van der Waals surface area contributed by atoms with Gasteiger partial charge < -0.3 is 19.7 Å². The summed E-state index contributed by atoms with van der Waals surface area (Å²) in [6.07, 6.45) is 1.61. The molecule has 0 radical (unpaired) electrons. The minimum Gasteiger partial charge on any atom is -0.350 e. The van der Waals surface area contributed by atoms with E-state index >= 15 is 0 Å². The maximum atomic E-state index is 13.1. The van der Waals surface area contributed by atoms with Gasteiger partial charge in [-0.05, 0) is 31.0 Å². The number of carbonyl (C=O) groups excluding carboxylic acids is 1. The third-order valence-electron chi connectivity index (χ3n) is 3.94. The molecule has 1 N–H and O–H groups in total. The number of anilines is 1. The van der Waals surface area contributed by atoms with Crippen LogP contribution in [0.25, 0.3) is 0 Å². The molecule has 2 heterocycles. The molecule has 1 aromatic carbocycles. The van der Waals surface area contributed by atoms with Crippen LogP contribution in [0.2, 0.25) is 0 Å². The third kappa shape index (κ3) is 3.51. The molecule has 2 aliphatic heterocycles. The van der Waals surface area contributed by atoms with E-state index in [2.05, 4.69) is 5.32 Å². The van der Waals surface area contributed by atoms with Crippen molar-refractivity contribution < 1.29 is 18.7 Å². The van der Waals surface area contributed by atoms with Crippen molar-refractivity contribution in [1.29, 1.82) is 0 Å². The first-order valence-corrected chi connectivity index (χ1v) is 7.27. The van der Waals surface area contributed by atoms with E-state index < -0.39 is 0 Å². The SMILES string of the molecule is O=C(Nc1cccc(F)c1)N1CCC(C2OCCO2)CC1. The highest BCUT2D eigenvalue weighted by atomic mass is 19.1. The van der Waals surface area contributed by atoms with Crippen molar-refractivity contribution in [2.24, 2.45) is 5.92 Å². The van der Waals surface area contributed by atoms with Crippen LogP contribution in [0.5, 0.6) is 0 Å². The molecule has 2 fully saturated rings. The van der Waals surface area contributed by atoms with Crippen LogP contribution in [0, 0.1) is 11.7 Å². The predicted molar refractivity (Wildman–Crippen MR) is 75.4 cm³/mol. The van der Waals surface area contributed by atoms with Gasteiger partial charge in [-0.3, -0.25) is 0 Å². The van der Waals surface area contributed by atoms with Gasteiger partial charge in [0.15, 0.2) is 6.29 Å². The van der Waals surface area contributed by atoms with E-state index in [-0.39, 0.29) is 18.1 Å². The number of hydrogen-bond donors (Lipinski definition) is 1. The topological polar surface area (TPSA) is 50.8 Å². The summed E-state index contributed by atoms with van der Waals surface area (Å²) in [5, 5.41) is 2.72. The van der Waals surface area contributed by atoms with E-state index in [0.29, 0.717) is 37.9 Å². The zero-order valence-corrected chi connectivity index (χ0v) is 11.8. The highest BCUT2D eigenvalue weighted by Gasteiger charge is 2.31. The summed E-state index contributed by atoms with van der Waals surface area (Å²) in [7, 11) is 0. The largest absolute Gasteiger partial charge is 0.350 e. The number of piperidine rings is 1. The molecular formula is C15H19FN2O3. The van der Waals surface area contributed by atoms with Gasteiger partial charge in [-0.2, -0.15) is 0 Å². The zero-order chi connectivity index (χ0) is 14.7. The number of nitrogens with one attached hydrogen (secondary N) is 1. The Kier molecular flexibility index (Phi) is 4.36. The first kappa shape index (κ1) is 14.3. The van der Waals surface area contributed by atoms with Crippen molar-refractivity contribution in [3.63, 3.8) is 0 Å². The van der Waals surface area contributed by atoms with Gasteiger partial charge in [0, 0.05) is 24.7 Å². The maximum Gasteiger partial charge on any atom is 0.321 e. The summed E-state index contributed by atoms with van der Waals surface area (Å²) < 4.78 is 24.1. The summed E-state index contributed by atoms with van der Waals surface area (Å²) >= 11 is 0. The molecule has 0 spiro atoms. The number of urea groups is 1. The Bertz CT molecular complexity index is 497. The first-order valence-electron chi connectivity index (χ1n) is 7.27. The maximum absolute atomic E-state index is 13.1. The number of rotatable bonds is 2. The van der Waals surface area contributed by atoms with Crippen LogP contribution in [0.3, 0.4) is 0 Å². The molecule has 0 bridgehead atoms. The quantitative estimate of drug-likeness (QED) is 0.911. The number of nitrogens with zero attached hydrogens (tertiary/aromatic N) is 1. The lowest BCUT2D eigenvalue weighted by Crippen LogP contribution is -2.43. The van der Waals surface area contributed by atoms with E-state index in [1.54, 1.807) is 17.0 Å². The summed E-state index contributed by atoms with van der Waals surface area (Å²) in [4.78, 5) is 13.9. The number of ether oxygens (including phenoxy) is 2. The molecule has 0 aliphatic carbocycles. The highest BCUT2D eigenvalue weighted by Crippen LogP contribution is 2.26. The third-order valence-corrected chi connectivity index (χ3v) is 3.94. The second-order valence-electron chi connectivity index (χ2n) is 5.37. The minimum atomic E-state index is -0.359. The van der Waals surface area contributed by atoms with Gasteiger partial charge in [0.2, 0.25) is 0 Å². The molecule has 2 amide bonds. The smallest absolute Gasteiger partial charge is 0.321 e. The first-order chi connectivity index (χ1) is 10.2. The van der Waals surface area contributed by atoms with Gasteiger partial charge in [0.05, 0.1) is 13.2 Å². The number of amides is 2. The number of halogens is 1. The molecule has 0 aromatic heterocycles. The van der Waals surface area contributed by atoms with Gasteiger partial charge in [-0.15, -0.1) is 0 Å². The van der Waals surface area contributed by atoms with E-state index in [1.165, 1.54) is 12.1 Å². The van der Waals surface area contributed by atoms with Crippen LogP contribution in [0.15, 0.2) is 24.3 Å². The molecule has 0 unspecified atom stereocenters. The van der Waals surface area contributed by atoms with Crippen molar-refractivity contribution in [2.75, 3.05) is 31.6 Å². The predicted octanol–water partition coefficient (Wildman–Crippen LogP) is 2.44. The van der Waals surface area contributed by atoms with E-state index in [1.807, 2.05) is 0 Å².